The molecular formula is C14H17NS2. The lowest BCUT2D eigenvalue weighted by Crippen LogP contribution is -2.21. The Morgan fingerprint density at radius 3 is 2.47 bits per heavy atom. The number of thioether (sulfide) groups is 1. The summed E-state index contributed by atoms with van der Waals surface area (Å²) >= 11 is 3.53. The molecule has 0 fully saturated rings. The van der Waals surface area contributed by atoms with Crippen molar-refractivity contribution in [3.05, 3.63) is 52.2 Å². The zero-order valence-corrected chi connectivity index (χ0v) is 11.8. The van der Waals surface area contributed by atoms with Crippen LogP contribution >= 0.6 is 23.1 Å². The molecule has 17 heavy (non-hydrogen) atoms. The summed E-state index contributed by atoms with van der Waals surface area (Å²) in [5.74, 6) is 0. The van der Waals surface area contributed by atoms with E-state index in [1.807, 2.05) is 0 Å². The van der Waals surface area contributed by atoms with Crippen LogP contribution < -0.4 is 5.32 Å². The predicted octanol–water partition coefficient (Wildman–Crippen LogP) is 4.17. The van der Waals surface area contributed by atoms with Crippen molar-refractivity contribution in [2.45, 2.75) is 17.9 Å². The second kappa shape index (κ2) is 6.24. The standard InChI is InChI=1S/C14H17NS2/c1-3-15-14(12-8-9-17-10-12)11-4-6-13(16-2)7-5-11/h4-10,14-15H,3H2,1-2H3. The van der Waals surface area contributed by atoms with Crippen molar-refractivity contribution in [2.24, 2.45) is 0 Å². The molecule has 1 aromatic heterocycles. The molecule has 0 amide bonds. The summed E-state index contributed by atoms with van der Waals surface area (Å²) in [5.41, 5.74) is 2.69. The molecule has 1 nitrogen and oxygen atoms in total. The highest BCUT2D eigenvalue weighted by molar-refractivity contribution is 7.98. The summed E-state index contributed by atoms with van der Waals surface area (Å²) in [6, 6.07) is 11.3. The van der Waals surface area contributed by atoms with Gasteiger partial charge in [-0.3, -0.25) is 0 Å². The van der Waals surface area contributed by atoms with Crippen molar-refractivity contribution < 1.29 is 0 Å². The number of thiophene rings is 1. The van der Waals surface area contributed by atoms with E-state index in [0.29, 0.717) is 6.04 Å². The Morgan fingerprint density at radius 1 is 1.18 bits per heavy atom. The number of rotatable bonds is 5. The molecular weight excluding hydrogens is 246 g/mol. The molecule has 0 aliphatic rings. The van der Waals surface area contributed by atoms with Crippen molar-refractivity contribution in [3.8, 4) is 0 Å². The van der Waals surface area contributed by atoms with Crippen LogP contribution in [-0.4, -0.2) is 12.8 Å². The molecule has 90 valence electrons. The first-order valence-electron chi connectivity index (χ1n) is 5.74. The van der Waals surface area contributed by atoms with Gasteiger partial charge in [0.05, 0.1) is 6.04 Å². The van der Waals surface area contributed by atoms with Crippen molar-refractivity contribution in [1.82, 2.24) is 5.32 Å². The highest BCUT2D eigenvalue weighted by Crippen LogP contribution is 2.25. The summed E-state index contributed by atoms with van der Waals surface area (Å²) in [4.78, 5) is 1.31. The highest BCUT2D eigenvalue weighted by atomic mass is 32.2. The largest absolute Gasteiger partial charge is 0.307 e. The Kier molecular flexibility index (Phi) is 4.66. The molecule has 2 aromatic rings. The maximum atomic E-state index is 3.54. The minimum Gasteiger partial charge on any atom is -0.307 e. The van der Waals surface area contributed by atoms with E-state index in [0.717, 1.165) is 6.54 Å². The molecule has 3 heteroatoms. The Hall–Kier alpha value is -0.770. The van der Waals surface area contributed by atoms with Crippen LogP contribution in [0.5, 0.6) is 0 Å². The number of benzene rings is 1. The number of nitrogens with one attached hydrogen (secondary N) is 1. The van der Waals surface area contributed by atoms with Crippen LogP contribution in [0.25, 0.3) is 0 Å². The first kappa shape index (κ1) is 12.7. The first-order chi connectivity index (χ1) is 8.35. The van der Waals surface area contributed by atoms with Crippen molar-refractivity contribution in [3.63, 3.8) is 0 Å². The average Bonchev–Trinajstić information content (AvgIpc) is 2.90. The molecule has 0 aliphatic heterocycles. The fraction of sp³-hybridized carbons (Fsp3) is 0.286. The average molecular weight is 263 g/mol. The van der Waals surface area contributed by atoms with Crippen LogP contribution in [0.15, 0.2) is 46.0 Å². The number of hydrogen-bond acceptors (Lipinski definition) is 3. The van der Waals surface area contributed by atoms with Gasteiger partial charge in [0.25, 0.3) is 0 Å². The van der Waals surface area contributed by atoms with E-state index in [1.165, 1.54) is 16.0 Å². The van der Waals surface area contributed by atoms with E-state index in [1.54, 1.807) is 23.1 Å². The van der Waals surface area contributed by atoms with Crippen LogP contribution in [0, 0.1) is 0 Å². The van der Waals surface area contributed by atoms with Crippen LogP contribution in [0.3, 0.4) is 0 Å². The third kappa shape index (κ3) is 3.12. The molecule has 0 bridgehead atoms. The summed E-state index contributed by atoms with van der Waals surface area (Å²) in [6.07, 6.45) is 2.11. The van der Waals surface area contributed by atoms with Gasteiger partial charge in [0, 0.05) is 4.90 Å². The van der Waals surface area contributed by atoms with Gasteiger partial charge in [0.15, 0.2) is 0 Å². The van der Waals surface area contributed by atoms with E-state index in [-0.39, 0.29) is 0 Å². The first-order valence-corrected chi connectivity index (χ1v) is 7.91. The van der Waals surface area contributed by atoms with Gasteiger partial charge in [-0.1, -0.05) is 19.1 Å². The second-order valence-corrected chi connectivity index (χ2v) is 5.48. The fourth-order valence-corrected chi connectivity index (χ4v) is 2.96. The SMILES string of the molecule is CCNC(c1ccc(SC)cc1)c1ccsc1. The Bertz CT molecular complexity index is 434. The number of hydrogen-bond donors (Lipinski definition) is 1. The summed E-state index contributed by atoms with van der Waals surface area (Å²) in [5, 5.41) is 7.89. The van der Waals surface area contributed by atoms with Gasteiger partial charge >= 0.3 is 0 Å². The Labute approximate surface area is 111 Å². The van der Waals surface area contributed by atoms with Gasteiger partial charge in [-0.15, -0.1) is 11.8 Å². The molecule has 1 aromatic carbocycles. The van der Waals surface area contributed by atoms with Gasteiger partial charge in [-0.25, -0.2) is 0 Å². The smallest absolute Gasteiger partial charge is 0.0584 e. The van der Waals surface area contributed by atoms with E-state index >= 15 is 0 Å². The molecule has 1 heterocycles. The fourth-order valence-electron chi connectivity index (χ4n) is 1.87. The molecule has 0 saturated heterocycles. The van der Waals surface area contributed by atoms with Crippen LogP contribution in [0.2, 0.25) is 0 Å². The minimum absolute atomic E-state index is 0.321. The topological polar surface area (TPSA) is 12.0 Å². The molecule has 1 unspecified atom stereocenters. The molecule has 1 atom stereocenters. The lowest BCUT2D eigenvalue weighted by atomic mass is 10.0. The normalized spacial score (nSPS) is 12.6. The van der Waals surface area contributed by atoms with Gasteiger partial charge < -0.3 is 5.32 Å². The zero-order valence-electron chi connectivity index (χ0n) is 10.1. The third-order valence-electron chi connectivity index (χ3n) is 2.73. The second-order valence-electron chi connectivity index (χ2n) is 3.82. The Balaban J connectivity index is 2.26. The Morgan fingerprint density at radius 2 is 1.94 bits per heavy atom. The maximum absolute atomic E-state index is 3.54. The molecule has 2 rings (SSSR count). The van der Waals surface area contributed by atoms with Gasteiger partial charge in [0.2, 0.25) is 0 Å². The van der Waals surface area contributed by atoms with Crippen molar-refractivity contribution >= 4 is 23.1 Å². The molecule has 0 spiro atoms. The lowest BCUT2D eigenvalue weighted by Gasteiger charge is -2.17. The minimum atomic E-state index is 0.321. The summed E-state index contributed by atoms with van der Waals surface area (Å²) in [7, 11) is 0. The van der Waals surface area contributed by atoms with Crippen LogP contribution in [0.1, 0.15) is 24.1 Å². The van der Waals surface area contributed by atoms with Crippen LogP contribution in [0.4, 0.5) is 0 Å². The van der Waals surface area contributed by atoms with Crippen molar-refractivity contribution in [2.75, 3.05) is 12.8 Å². The van der Waals surface area contributed by atoms with E-state index < -0.39 is 0 Å². The maximum Gasteiger partial charge on any atom is 0.0584 e. The van der Waals surface area contributed by atoms with Gasteiger partial charge in [-0.05, 0) is 52.9 Å². The monoisotopic (exact) mass is 263 g/mol. The van der Waals surface area contributed by atoms with E-state index in [4.69, 9.17) is 0 Å². The summed E-state index contributed by atoms with van der Waals surface area (Å²) in [6.45, 7) is 3.13. The highest BCUT2D eigenvalue weighted by Gasteiger charge is 2.12. The van der Waals surface area contributed by atoms with E-state index in [9.17, 15) is 0 Å². The van der Waals surface area contributed by atoms with Crippen molar-refractivity contribution in [1.29, 1.82) is 0 Å². The van der Waals surface area contributed by atoms with Crippen LogP contribution in [-0.2, 0) is 0 Å². The lowest BCUT2D eigenvalue weighted by molar-refractivity contribution is 0.632. The van der Waals surface area contributed by atoms with Gasteiger partial charge in [0.1, 0.15) is 0 Å². The van der Waals surface area contributed by atoms with Gasteiger partial charge in [-0.2, -0.15) is 11.3 Å². The molecule has 0 saturated carbocycles. The quantitative estimate of drug-likeness (QED) is 0.813. The molecule has 0 radical (unpaired) electrons. The third-order valence-corrected chi connectivity index (χ3v) is 4.18. The molecule has 1 N–H and O–H groups in total. The van der Waals surface area contributed by atoms with E-state index in [2.05, 4.69) is 59.6 Å². The summed E-state index contributed by atoms with van der Waals surface area (Å²) < 4.78 is 0. The molecule has 0 aliphatic carbocycles. The predicted molar refractivity (Wildman–Crippen MR) is 78.1 cm³/mol. The zero-order chi connectivity index (χ0) is 12.1.